The van der Waals surface area contributed by atoms with Crippen molar-refractivity contribution in [2.24, 2.45) is 0 Å². The molecule has 0 amide bonds. The van der Waals surface area contributed by atoms with Gasteiger partial charge in [0, 0.05) is 39.5 Å². The Balaban J connectivity index is 0.000000215. The van der Waals surface area contributed by atoms with Crippen LogP contribution in [-0.2, 0) is 18.3 Å². The van der Waals surface area contributed by atoms with Crippen molar-refractivity contribution in [3.63, 3.8) is 0 Å². The van der Waals surface area contributed by atoms with Gasteiger partial charge in [-0.2, -0.15) is 0 Å². The summed E-state index contributed by atoms with van der Waals surface area (Å²) in [6.45, 7) is 17.9. The molecule has 8 aromatic carbocycles. The van der Waals surface area contributed by atoms with Crippen LogP contribution in [-0.4, -0.2) is 0 Å². The highest BCUT2D eigenvalue weighted by atomic mass is 15.2. The lowest BCUT2D eigenvalue weighted by atomic mass is 9.81. The second-order valence-electron chi connectivity index (χ2n) is 18.2. The minimum Gasteiger partial charge on any atom is -0.311 e. The topological polar surface area (TPSA) is 6.48 Å². The number of benzene rings is 8. The van der Waals surface area contributed by atoms with Crippen molar-refractivity contribution < 1.29 is 0 Å². The zero-order chi connectivity index (χ0) is 44.1. The van der Waals surface area contributed by atoms with Crippen molar-refractivity contribution in [1.82, 2.24) is 0 Å². The Hall–Kier alpha value is -6.38. The Morgan fingerprint density at radius 1 is 0.397 bits per heavy atom. The maximum absolute atomic E-state index is 2.40. The van der Waals surface area contributed by atoms with Gasteiger partial charge in [0.05, 0.1) is 0 Å². The molecular formula is C61H64N2. The van der Waals surface area contributed by atoms with Crippen LogP contribution in [0.15, 0.2) is 170 Å². The fourth-order valence-corrected chi connectivity index (χ4v) is 9.30. The van der Waals surface area contributed by atoms with E-state index < -0.39 is 0 Å². The molecule has 318 valence electrons. The zero-order valence-electron chi connectivity index (χ0n) is 38.8. The fourth-order valence-electron chi connectivity index (χ4n) is 9.30. The van der Waals surface area contributed by atoms with Crippen molar-refractivity contribution in [1.29, 1.82) is 0 Å². The van der Waals surface area contributed by atoms with Crippen LogP contribution in [0.5, 0.6) is 0 Å². The molecule has 0 unspecified atom stereocenters. The molecule has 0 spiro atoms. The van der Waals surface area contributed by atoms with Crippen LogP contribution in [0.25, 0.3) is 21.9 Å². The van der Waals surface area contributed by atoms with Gasteiger partial charge in [-0.15, -0.1) is 0 Å². The summed E-state index contributed by atoms with van der Waals surface area (Å²) >= 11 is 0. The van der Waals surface area contributed by atoms with Crippen LogP contribution >= 0.6 is 0 Å². The summed E-state index contributed by atoms with van der Waals surface area (Å²) in [6.07, 6.45) is 7.14. The highest BCUT2D eigenvalue weighted by Crippen LogP contribution is 2.52. The van der Waals surface area contributed by atoms with E-state index in [9.17, 15) is 0 Å². The SMILES string of the molecule is CCCCc1ccc(N(c2ccc(C)cc2)c2ccc(N(c3ccc(C)cc3)c3ccc(CCCC)cc3)cc2)cc1.Cc1ccc2c(c1)C(C)(C)c1cc(C)c3ccccc3c1-2. The van der Waals surface area contributed by atoms with Gasteiger partial charge in [0.25, 0.3) is 0 Å². The van der Waals surface area contributed by atoms with Crippen LogP contribution < -0.4 is 9.80 Å². The van der Waals surface area contributed by atoms with Gasteiger partial charge in [0.15, 0.2) is 0 Å². The maximum Gasteiger partial charge on any atom is 0.0463 e. The molecule has 0 atom stereocenters. The van der Waals surface area contributed by atoms with Crippen LogP contribution in [0, 0.1) is 27.7 Å². The molecule has 0 saturated heterocycles. The van der Waals surface area contributed by atoms with Gasteiger partial charge in [-0.05, 0) is 176 Å². The first kappa shape index (κ1) is 43.3. The standard InChI is InChI=1S/C40H44N2.C21H20/c1-5-7-9-33-15-23-37(24-16-33)41(35-19-11-31(3)12-20-35)39-27-29-40(30-28-39)42(36-21-13-32(4)14-22-36)38-25-17-34(18-26-38)10-8-6-2;1-13-9-10-17-18(11-13)21(3,4)19-12-14(2)15-7-5-6-8-16(15)20(17)19/h11-30H,5-10H2,1-4H3;5-12H,1-4H3. The molecule has 2 heteroatoms. The van der Waals surface area contributed by atoms with E-state index in [0.717, 1.165) is 35.6 Å². The fraction of sp³-hybridized carbons (Fsp3) is 0.246. The lowest BCUT2D eigenvalue weighted by molar-refractivity contribution is 0.659. The third-order valence-electron chi connectivity index (χ3n) is 13.0. The summed E-state index contributed by atoms with van der Waals surface area (Å²) in [7, 11) is 0. The molecule has 0 fully saturated rings. The Morgan fingerprint density at radius 3 is 1.21 bits per heavy atom. The lowest BCUT2D eigenvalue weighted by Crippen LogP contribution is -2.15. The first-order chi connectivity index (χ1) is 30.5. The molecule has 0 N–H and O–H groups in total. The molecule has 0 saturated carbocycles. The number of unbranched alkanes of at least 4 members (excludes halogenated alkanes) is 2. The predicted molar refractivity (Wildman–Crippen MR) is 273 cm³/mol. The summed E-state index contributed by atoms with van der Waals surface area (Å²) < 4.78 is 0. The zero-order valence-corrected chi connectivity index (χ0v) is 38.8. The van der Waals surface area contributed by atoms with E-state index in [1.54, 1.807) is 0 Å². The van der Waals surface area contributed by atoms with E-state index in [2.05, 4.69) is 235 Å². The maximum atomic E-state index is 2.40. The molecule has 0 aliphatic heterocycles. The molecule has 9 rings (SSSR count). The minimum atomic E-state index is 0.0888. The molecule has 1 aliphatic carbocycles. The first-order valence-electron chi connectivity index (χ1n) is 23.2. The van der Waals surface area contributed by atoms with Gasteiger partial charge >= 0.3 is 0 Å². The van der Waals surface area contributed by atoms with Gasteiger partial charge in [-0.3, -0.25) is 0 Å². The summed E-state index contributed by atoms with van der Waals surface area (Å²) in [5.41, 5.74) is 20.9. The third-order valence-corrected chi connectivity index (χ3v) is 13.0. The Labute approximate surface area is 377 Å². The van der Waals surface area contributed by atoms with Crippen LogP contribution in [0.4, 0.5) is 34.1 Å². The molecule has 1 aliphatic rings. The molecule has 0 aromatic heterocycles. The Bertz CT molecular complexity index is 2660. The summed E-state index contributed by atoms with van der Waals surface area (Å²) in [5.74, 6) is 0. The van der Waals surface area contributed by atoms with E-state index in [0.29, 0.717) is 0 Å². The average Bonchev–Trinajstić information content (AvgIpc) is 3.52. The minimum absolute atomic E-state index is 0.0888. The van der Waals surface area contributed by atoms with E-state index >= 15 is 0 Å². The molecule has 63 heavy (non-hydrogen) atoms. The average molecular weight is 825 g/mol. The van der Waals surface area contributed by atoms with E-state index in [-0.39, 0.29) is 5.41 Å². The van der Waals surface area contributed by atoms with Crippen LogP contribution in [0.3, 0.4) is 0 Å². The number of fused-ring (bicyclic) bond motifs is 5. The van der Waals surface area contributed by atoms with Gasteiger partial charge in [0.1, 0.15) is 0 Å². The Kier molecular flexibility index (Phi) is 13.0. The monoisotopic (exact) mass is 825 g/mol. The third kappa shape index (κ3) is 9.23. The lowest BCUT2D eigenvalue weighted by Gasteiger charge is -2.28. The largest absolute Gasteiger partial charge is 0.311 e. The van der Waals surface area contributed by atoms with E-state index in [1.165, 1.54) is 103 Å². The molecule has 8 aromatic rings. The van der Waals surface area contributed by atoms with Crippen molar-refractivity contribution in [2.75, 3.05) is 9.80 Å². The number of anilines is 6. The van der Waals surface area contributed by atoms with Crippen LogP contribution in [0.1, 0.15) is 97.9 Å². The first-order valence-corrected chi connectivity index (χ1v) is 23.2. The highest BCUT2D eigenvalue weighted by Gasteiger charge is 2.36. The van der Waals surface area contributed by atoms with Crippen LogP contribution in [0.2, 0.25) is 0 Å². The normalized spacial score (nSPS) is 12.3. The van der Waals surface area contributed by atoms with Gasteiger partial charge in [-0.1, -0.05) is 154 Å². The molecule has 2 nitrogen and oxygen atoms in total. The predicted octanol–water partition coefficient (Wildman–Crippen LogP) is 17.7. The molecule has 0 heterocycles. The van der Waals surface area contributed by atoms with Gasteiger partial charge < -0.3 is 9.80 Å². The Morgan fingerprint density at radius 2 is 0.778 bits per heavy atom. The van der Waals surface area contributed by atoms with E-state index in [1.807, 2.05) is 0 Å². The second-order valence-corrected chi connectivity index (χ2v) is 18.2. The van der Waals surface area contributed by atoms with Crippen molar-refractivity contribution in [3.8, 4) is 11.1 Å². The second kappa shape index (κ2) is 18.9. The van der Waals surface area contributed by atoms with E-state index in [4.69, 9.17) is 0 Å². The summed E-state index contributed by atoms with van der Waals surface area (Å²) in [5, 5.41) is 2.77. The molecule has 0 bridgehead atoms. The molecular weight excluding hydrogens is 761 g/mol. The van der Waals surface area contributed by atoms with Crippen molar-refractivity contribution >= 4 is 44.9 Å². The summed E-state index contributed by atoms with van der Waals surface area (Å²) in [4.78, 5) is 4.71. The number of rotatable bonds is 12. The highest BCUT2D eigenvalue weighted by molar-refractivity contribution is 6.03. The van der Waals surface area contributed by atoms with Crippen molar-refractivity contribution in [2.45, 2.75) is 99.3 Å². The van der Waals surface area contributed by atoms with Gasteiger partial charge in [-0.25, -0.2) is 0 Å². The molecule has 0 radical (unpaired) electrons. The number of nitrogens with zero attached hydrogens (tertiary/aromatic N) is 2. The summed E-state index contributed by atoms with van der Waals surface area (Å²) in [6, 6.07) is 62.9. The number of hydrogen-bond acceptors (Lipinski definition) is 2. The smallest absolute Gasteiger partial charge is 0.0463 e. The van der Waals surface area contributed by atoms with Gasteiger partial charge in [0.2, 0.25) is 0 Å². The van der Waals surface area contributed by atoms with Crippen molar-refractivity contribution in [3.05, 3.63) is 214 Å². The number of aryl methyl sites for hydroxylation is 6. The number of hydrogen-bond donors (Lipinski definition) is 0. The quantitative estimate of drug-likeness (QED) is 0.121.